The summed E-state index contributed by atoms with van der Waals surface area (Å²) < 4.78 is 0.766. The number of hydrogen-bond donors (Lipinski definition) is 2. The van der Waals surface area contributed by atoms with E-state index in [1.54, 1.807) is 5.38 Å². The number of hydrogen-bond acceptors (Lipinski definition) is 5. The van der Waals surface area contributed by atoms with Gasteiger partial charge in [-0.15, -0.1) is 22.7 Å². The summed E-state index contributed by atoms with van der Waals surface area (Å²) in [5, 5.41) is 5.34. The Bertz CT molecular complexity index is 565. The first-order valence-corrected chi connectivity index (χ1v) is 7.87. The van der Waals surface area contributed by atoms with Gasteiger partial charge in [0.05, 0.1) is 10.4 Å². The van der Waals surface area contributed by atoms with E-state index in [0.29, 0.717) is 12.2 Å². The van der Waals surface area contributed by atoms with E-state index in [4.69, 9.17) is 17.3 Å². The topological polar surface area (TPSA) is 68.0 Å². The van der Waals surface area contributed by atoms with Gasteiger partial charge in [0.2, 0.25) is 0 Å². The van der Waals surface area contributed by atoms with Gasteiger partial charge < -0.3 is 11.1 Å². The van der Waals surface area contributed by atoms with E-state index in [9.17, 15) is 4.79 Å². The fourth-order valence-corrected chi connectivity index (χ4v) is 3.32. The van der Waals surface area contributed by atoms with Crippen LogP contribution in [0.15, 0.2) is 17.5 Å². The van der Waals surface area contributed by atoms with Crippen molar-refractivity contribution in [3.63, 3.8) is 0 Å². The van der Waals surface area contributed by atoms with Gasteiger partial charge in [-0.05, 0) is 25.5 Å². The van der Waals surface area contributed by atoms with Gasteiger partial charge >= 0.3 is 0 Å². The first kappa shape index (κ1) is 14.5. The minimum Gasteiger partial charge on any atom is -0.350 e. The van der Waals surface area contributed by atoms with Crippen LogP contribution >= 0.6 is 34.3 Å². The zero-order chi connectivity index (χ0) is 13.8. The second-order valence-electron chi connectivity index (χ2n) is 4.07. The third kappa shape index (κ3) is 4.01. The van der Waals surface area contributed by atoms with Crippen molar-refractivity contribution in [3.05, 3.63) is 37.4 Å². The lowest BCUT2D eigenvalue weighted by molar-refractivity contribution is 0.0949. The lowest BCUT2D eigenvalue weighted by Gasteiger charge is -2.01. The van der Waals surface area contributed by atoms with E-state index >= 15 is 0 Å². The van der Waals surface area contributed by atoms with Crippen molar-refractivity contribution in [2.45, 2.75) is 19.4 Å². The summed E-state index contributed by atoms with van der Waals surface area (Å²) in [4.78, 5) is 17.2. The number of aromatic nitrogens is 1. The number of nitrogens with two attached hydrogens (primary N) is 1. The zero-order valence-corrected chi connectivity index (χ0v) is 12.7. The molecule has 2 rings (SSSR count). The predicted molar refractivity (Wildman–Crippen MR) is 80.1 cm³/mol. The number of rotatable bonds is 5. The summed E-state index contributed by atoms with van der Waals surface area (Å²) in [6.45, 7) is 2.42. The fraction of sp³-hybridized carbons (Fsp3) is 0.333. The Labute approximate surface area is 124 Å². The molecule has 0 radical (unpaired) electrons. The van der Waals surface area contributed by atoms with Crippen LogP contribution < -0.4 is 11.1 Å². The molecule has 0 aliphatic heterocycles. The highest BCUT2D eigenvalue weighted by Crippen LogP contribution is 2.21. The number of thiophene rings is 1. The standard InChI is InChI=1S/C12H14ClN3OS2/c1-7(14)12-16-9(6-18-12)11(17)15-5-4-8-2-3-10(13)19-8/h2-3,6-7H,4-5,14H2,1H3,(H,15,17). The third-order valence-electron chi connectivity index (χ3n) is 2.43. The molecule has 0 bridgehead atoms. The summed E-state index contributed by atoms with van der Waals surface area (Å²) in [6.07, 6.45) is 0.771. The lowest BCUT2D eigenvalue weighted by Crippen LogP contribution is -2.25. The second-order valence-corrected chi connectivity index (χ2v) is 6.76. The normalized spacial score (nSPS) is 12.4. The Kier molecular flexibility index (Phi) is 4.93. The Morgan fingerprint density at radius 3 is 2.95 bits per heavy atom. The molecule has 0 saturated carbocycles. The minimum atomic E-state index is -0.161. The number of halogens is 1. The minimum absolute atomic E-state index is 0.139. The molecule has 0 aliphatic carbocycles. The molecule has 0 aliphatic rings. The van der Waals surface area contributed by atoms with Crippen LogP contribution in [0.4, 0.5) is 0 Å². The molecule has 2 aromatic heterocycles. The fourth-order valence-electron chi connectivity index (χ4n) is 1.48. The van der Waals surface area contributed by atoms with E-state index in [2.05, 4.69) is 10.3 Å². The Hall–Kier alpha value is -0.950. The smallest absolute Gasteiger partial charge is 0.270 e. The molecule has 0 spiro atoms. The van der Waals surface area contributed by atoms with Gasteiger partial charge in [0.15, 0.2) is 0 Å². The molecule has 1 unspecified atom stereocenters. The monoisotopic (exact) mass is 315 g/mol. The largest absolute Gasteiger partial charge is 0.350 e. The number of carbonyl (C=O) groups excluding carboxylic acids is 1. The van der Waals surface area contributed by atoms with Crippen molar-refractivity contribution < 1.29 is 4.79 Å². The van der Waals surface area contributed by atoms with Crippen molar-refractivity contribution in [2.24, 2.45) is 5.73 Å². The van der Waals surface area contributed by atoms with Crippen LogP contribution in [0.3, 0.4) is 0 Å². The van der Waals surface area contributed by atoms with Crippen molar-refractivity contribution in [3.8, 4) is 0 Å². The molecule has 1 atom stereocenters. The molecular weight excluding hydrogens is 302 g/mol. The highest BCUT2D eigenvalue weighted by Gasteiger charge is 2.12. The maximum absolute atomic E-state index is 11.8. The van der Waals surface area contributed by atoms with Crippen LogP contribution in [0.25, 0.3) is 0 Å². The summed E-state index contributed by atoms with van der Waals surface area (Å²) >= 11 is 8.77. The molecule has 19 heavy (non-hydrogen) atoms. The average molecular weight is 316 g/mol. The van der Waals surface area contributed by atoms with Crippen molar-refractivity contribution in [1.82, 2.24) is 10.3 Å². The van der Waals surface area contributed by atoms with Gasteiger partial charge in [0.25, 0.3) is 5.91 Å². The van der Waals surface area contributed by atoms with Gasteiger partial charge in [-0.3, -0.25) is 4.79 Å². The first-order chi connectivity index (χ1) is 9.06. The molecule has 0 fully saturated rings. The van der Waals surface area contributed by atoms with Crippen molar-refractivity contribution in [2.75, 3.05) is 6.54 Å². The number of carbonyl (C=O) groups is 1. The zero-order valence-electron chi connectivity index (χ0n) is 10.4. The van der Waals surface area contributed by atoms with Gasteiger partial charge in [0, 0.05) is 16.8 Å². The molecule has 7 heteroatoms. The van der Waals surface area contributed by atoms with Gasteiger partial charge in [-0.1, -0.05) is 11.6 Å². The van der Waals surface area contributed by atoms with Gasteiger partial charge in [0.1, 0.15) is 10.7 Å². The number of thiazole rings is 1. The van der Waals surface area contributed by atoms with Gasteiger partial charge in [-0.2, -0.15) is 0 Å². The maximum Gasteiger partial charge on any atom is 0.270 e. The molecule has 2 aromatic rings. The summed E-state index contributed by atoms with van der Waals surface area (Å²) in [7, 11) is 0. The highest BCUT2D eigenvalue weighted by molar-refractivity contribution is 7.16. The molecule has 0 aromatic carbocycles. The Balaban J connectivity index is 1.83. The van der Waals surface area contributed by atoms with Crippen LogP contribution in [-0.2, 0) is 6.42 Å². The quantitative estimate of drug-likeness (QED) is 0.891. The van der Waals surface area contributed by atoms with E-state index in [0.717, 1.165) is 20.6 Å². The summed E-state index contributed by atoms with van der Waals surface area (Å²) in [5.74, 6) is -0.161. The van der Waals surface area contributed by atoms with Crippen LogP contribution in [0.1, 0.15) is 33.3 Å². The molecule has 0 saturated heterocycles. The van der Waals surface area contributed by atoms with Crippen molar-refractivity contribution in [1.29, 1.82) is 0 Å². The van der Waals surface area contributed by atoms with E-state index in [1.165, 1.54) is 22.7 Å². The molecule has 102 valence electrons. The van der Waals surface area contributed by atoms with Crippen LogP contribution in [-0.4, -0.2) is 17.4 Å². The van der Waals surface area contributed by atoms with Crippen LogP contribution in [0, 0.1) is 0 Å². The van der Waals surface area contributed by atoms with Crippen LogP contribution in [0.5, 0.6) is 0 Å². The van der Waals surface area contributed by atoms with Gasteiger partial charge in [-0.25, -0.2) is 4.98 Å². The molecule has 4 nitrogen and oxygen atoms in total. The van der Waals surface area contributed by atoms with Crippen LogP contribution in [0.2, 0.25) is 4.34 Å². The van der Waals surface area contributed by atoms with Crippen molar-refractivity contribution >= 4 is 40.2 Å². The molecule has 1 amide bonds. The summed E-state index contributed by atoms with van der Waals surface area (Å²) in [5.41, 5.74) is 6.14. The lowest BCUT2D eigenvalue weighted by atomic mass is 10.3. The third-order valence-corrected chi connectivity index (χ3v) is 4.77. The van der Waals surface area contributed by atoms with E-state index < -0.39 is 0 Å². The Morgan fingerprint density at radius 2 is 2.37 bits per heavy atom. The number of nitrogens with zero attached hydrogens (tertiary/aromatic N) is 1. The number of nitrogens with one attached hydrogen (secondary N) is 1. The Morgan fingerprint density at radius 1 is 1.58 bits per heavy atom. The van der Waals surface area contributed by atoms with E-state index in [1.807, 2.05) is 19.1 Å². The molecule has 3 N–H and O–H groups in total. The first-order valence-electron chi connectivity index (χ1n) is 5.79. The maximum atomic E-state index is 11.8. The molecule has 2 heterocycles. The summed E-state index contributed by atoms with van der Waals surface area (Å²) in [6, 6.07) is 3.69. The number of amides is 1. The molecular formula is C12H14ClN3OS2. The van der Waals surface area contributed by atoms with E-state index in [-0.39, 0.29) is 11.9 Å². The SMILES string of the molecule is CC(N)c1nc(C(=O)NCCc2ccc(Cl)s2)cs1. The average Bonchev–Trinajstić information content (AvgIpc) is 2.98. The highest BCUT2D eigenvalue weighted by atomic mass is 35.5. The predicted octanol–water partition coefficient (Wildman–Crippen LogP) is 2.85. The second kappa shape index (κ2) is 6.47.